The largest absolute Gasteiger partial charge is 0.379 e. The van der Waals surface area contributed by atoms with Crippen molar-refractivity contribution in [2.45, 2.75) is 51.1 Å². The summed E-state index contributed by atoms with van der Waals surface area (Å²) >= 11 is 0. The first-order valence-electron chi connectivity index (χ1n) is 13.3. The maximum atomic E-state index is 14.4. The summed E-state index contributed by atoms with van der Waals surface area (Å²) in [4.78, 5) is 16.3. The summed E-state index contributed by atoms with van der Waals surface area (Å²) in [7, 11) is 2.90. The van der Waals surface area contributed by atoms with Crippen LogP contribution in [0.4, 0.5) is 0 Å². The molecule has 198 valence electrons. The molecule has 0 bridgehead atoms. The van der Waals surface area contributed by atoms with Gasteiger partial charge < -0.3 is 9.47 Å². The molecule has 37 heavy (non-hydrogen) atoms. The second-order valence-corrected chi connectivity index (χ2v) is 13.4. The van der Waals surface area contributed by atoms with E-state index in [-0.39, 0.29) is 25.5 Å². The minimum atomic E-state index is -3.98. The average Bonchev–Trinajstić information content (AvgIpc) is 3.19. The minimum Gasteiger partial charge on any atom is -0.326 e. The summed E-state index contributed by atoms with van der Waals surface area (Å²) in [6, 6.07) is 16.5. The smallest absolute Gasteiger partial charge is 0.326 e. The molecule has 1 fully saturated rings. The molecule has 3 aromatic rings. The number of rotatable bonds is 6. The number of quaternary nitrogens is 1. The molecular weight excluding hydrogens is 484 g/mol. The Labute approximate surface area is 221 Å². The highest BCUT2D eigenvalue weighted by molar-refractivity contribution is 7.83. The lowest BCUT2D eigenvalue weighted by molar-refractivity contribution is -0.745. The number of fused-ring (bicyclic) bond motifs is 5. The van der Waals surface area contributed by atoms with Gasteiger partial charge in [-0.25, -0.2) is 4.79 Å². The van der Waals surface area contributed by atoms with Gasteiger partial charge in [0.1, 0.15) is 19.6 Å². The van der Waals surface area contributed by atoms with E-state index in [1.807, 2.05) is 43.3 Å². The molecule has 8 heteroatoms. The fourth-order valence-electron chi connectivity index (χ4n) is 6.31. The minimum absolute atomic E-state index is 0.0252. The van der Waals surface area contributed by atoms with Gasteiger partial charge in [0.25, 0.3) is 0 Å². The second-order valence-electron chi connectivity index (χ2n) is 11.1. The molecule has 1 amide bonds. The molecule has 2 aliphatic rings. The molecule has 0 spiro atoms. The highest BCUT2D eigenvalue weighted by atomic mass is 32.2. The van der Waals surface area contributed by atoms with Crippen LogP contribution < -0.4 is 0 Å². The molecule has 2 heterocycles. The van der Waals surface area contributed by atoms with Gasteiger partial charge in [-0.3, -0.25) is 0 Å². The molecule has 0 saturated heterocycles. The first kappa shape index (κ1) is 26.1. The maximum Gasteiger partial charge on any atom is 0.379 e. The fraction of sp³-hybridized carbons (Fsp3) is 0.483. The predicted octanol–water partition coefficient (Wildman–Crippen LogP) is 4.58. The number of hydrogen-bond donors (Lipinski definition) is 0. The monoisotopic (exact) mass is 523 g/mol. The first-order chi connectivity index (χ1) is 17.7. The number of carbonyl (C=O) groups excluding carboxylic acids is 1. The Morgan fingerprint density at radius 2 is 1.62 bits per heavy atom. The number of aromatic nitrogens is 1. The summed E-state index contributed by atoms with van der Waals surface area (Å²) < 4.78 is 30.7. The number of para-hydroxylation sites is 1. The Bertz CT molecular complexity index is 1420. The number of amides is 1. The molecule has 1 saturated carbocycles. The van der Waals surface area contributed by atoms with Crippen LogP contribution in [0.2, 0.25) is 0 Å². The van der Waals surface area contributed by atoms with E-state index >= 15 is 0 Å². The van der Waals surface area contributed by atoms with E-state index in [1.54, 1.807) is 0 Å². The third kappa shape index (κ3) is 4.34. The predicted molar refractivity (Wildman–Crippen MR) is 148 cm³/mol. The standard InChI is InChI=1S/C29H39N4O3S/c1-30(2)18-19-33(37(35,36)31(3)4)21-23-14-8-9-15-24(23)29-28(22-12-6-5-7-13-22)25-16-10-11-17-26(25)32(29)20-27(33)34/h8-11,14-17,22H,5-7,12-13,18-21H2,1-4H3/q+1. The van der Waals surface area contributed by atoms with E-state index in [1.165, 1.54) is 48.6 Å². The van der Waals surface area contributed by atoms with Crippen LogP contribution in [0.1, 0.15) is 49.1 Å². The summed E-state index contributed by atoms with van der Waals surface area (Å²) in [6.45, 7) is 0.810. The van der Waals surface area contributed by atoms with E-state index in [4.69, 9.17) is 0 Å². The van der Waals surface area contributed by atoms with E-state index < -0.39 is 14.1 Å². The molecule has 1 atom stereocenters. The van der Waals surface area contributed by atoms with Crippen molar-refractivity contribution in [2.75, 3.05) is 41.3 Å². The van der Waals surface area contributed by atoms with Crippen LogP contribution in [-0.4, -0.2) is 73.3 Å². The van der Waals surface area contributed by atoms with Crippen molar-refractivity contribution in [3.05, 3.63) is 59.7 Å². The van der Waals surface area contributed by atoms with Gasteiger partial charge in [-0.1, -0.05) is 61.7 Å². The molecule has 0 N–H and O–H groups in total. The number of likely N-dealkylation sites (N-methyl/N-ethyl adjacent to an activating group) is 1. The van der Waals surface area contributed by atoms with Crippen molar-refractivity contribution in [2.24, 2.45) is 0 Å². The number of hydrogen-bond acceptors (Lipinski definition) is 4. The summed E-state index contributed by atoms with van der Waals surface area (Å²) in [5.41, 5.74) is 5.40. The van der Waals surface area contributed by atoms with E-state index in [2.05, 4.69) is 28.8 Å². The van der Waals surface area contributed by atoms with Crippen LogP contribution in [0.15, 0.2) is 48.5 Å². The zero-order chi connectivity index (χ0) is 26.4. The van der Waals surface area contributed by atoms with Crippen LogP contribution in [0, 0.1) is 0 Å². The third-order valence-electron chi connectivity index (χ3n) is 8.28. The van der Waals surface area contributed by atoms with Gasteiger partial charge in [-0.2, -0.15) is 12.7 Å². The number of carbonyl (C=O) groups is 1. The van der Waals surface area contributed by atoms with Crippen molar-refractivity contribution in [3.8, 4) is 11.3 Å². The Hall–Kier alpha value is -2.52. The van der Waals surface area contributed by atoms with Gasteiger partial charge in [0.05, 0.1) is 5.69 Å². The molecule has 0 radical (unpaired) electrons. The van der Waals surface area contributed by atoms with Crippen LogP contribution in [0.25, 0.3) is 22.2 Å². The zero-order valence-corrected chi connectivity index (χ0v) is 23.3. The molecule has 1 unspecified atom stereocenters. The highest BCUT2D eigenvalue weighted by Gasteiger charge is 2.52. The average molecular weight is 524 g/mol. The van der Waals surface area contributed by atoms with Gasteiger partial charge in [0.2, 0.25) is 0 Å². The van der Waals surface area contributed by atoms with Crippen molar-refractivity contribution in [3.63, 3.8) is 0 Å². The fourth-order valence-corrected chi connectivity index (χ4v) is 7.86. The van der Waals surface area contributed by atoms with E-state index in [0.29, 0.717) is 12.5 Å². The molecule has 7 nitrogen and oxygen atoms in total. The normalized spacial score (nSPS) is 21.2. The Morgan fingerprint density at radius 1 is 0.946 bits per heavy atom. The van der Waals surface area contributed by atoms with Crippen molar-refractivity contribution < 1.29 is 17.1 Å². The van der Waals surface area contributed by atoms with Crippen molar-refractivity contribution in [1.29, 1.82) is 0 Å². The summed E-state index contributed by atoms with van der Waals surface area (Å²) in [5.74, 6) is 0.151. The van der Waals surface area contributed by atoms with Crippen LogP contribution in [-0.2, 0) is 28.1 Å². The van der Waals surface area contributed by atoms with Gasteiger partial charge in [0, 0.05) is 42.7 Å². The second kappa shape index (κ2) is 9.98. The highest BCUT2D eigenvalue weighted by Crippen LogP contribution is 2.46. The van der Waals surface area contributed by atoms with Crippen LogP contribution in [0.3, 0.4) is 0 Å². The molecular formula is C29H39N4O3S+. The van der Waals surface area contributed by atoms with Gasteiger partial charge >= 0.3 is 16.1 Å². The molecule has 2 aromatic carbocycles. The number of nitrogens with zero attached hydrogens (tertiary/aromatic N) is 4. The van der Waals surface area contributed by atoms with E-state index in [0.717, 1.165) is 35.2 Å². The van der Waals surface area contributed by atoms with Crippen molar-refractivity contribution in [1.82, 2.24) is 13.8 Å². The Kier molecular flexibility index (Phi) is 7.04. The van der Waals surface area contributed by atoms with Crippen LogP contribution >= 0.6 is 0 Å². The quantitative estimate of drug-likeness (QED) is 0.444. The Balaban J connectivity index is 1.80. The molecule has 1 aromatic heterocycles. The molecule has 1 aliphatic heterocycles. The lowest BCUT2D eigenvalue weighted by atomic mass is 9.81. The first-order valence-corrected chi connectivity index (χ1v) is 14.7. The third-order valence-corrected chi connectivity index (χ3v) is 10.6. The van der Waals surface area contributed by atoms with Gasteiger partial charge in [-0.05, 0) is 44.5 Å². The summed E-state index contributed by atoms with van der Waals surface area (Å²) in [5, 5.41) is 1.19. The van der Waals surface area contributed by atoms with E-state index in [9.17, 15) is 13.2 Å². The topological polar surface area (TPSA) is 62.6 Å². The number of benzene rings is 2. The van der Waals surface area contributed by atoms with Crippen molar-refractivity contribution >= 4 is 27.0 Å². The lowest BCUT2D eigenvalue weighted by Crippen LogP contribution is -2.63. The molecule has 1 aliphatic carbocycles. The molecule has 5 rings (SSSR count). The Morgan fingerprint density at radius 3 is 2.32 bits per heavy atom. The van der Waals surface area contributed by atoms with Gasteiger partial charge in [-0.15, -0.1) is 3.89 Å². The summed E-state index contributed by atoms with van der Waals surface area (Å²) in [6.07, 6.45) is 6.00. The maximum absolute atomic E-state index is 14.4. The van der Waals surface area contributed by atoms with Crippen LogP contribution in [0.5, 0.6) is 0 Å². The SMILES string of the molecule is CN(C)CC[N+]1(S(=O)(=O)N(C)C)Cc2ccccc2-c2c(C3CCCCC3)c3ccccc3n2CC1=O. The zero-order valence-electron chi connectivity index (χ0n) is 22.5. The van der Waals surface area contributed by atoms with Gasteiger partial charge in [0.15, 0.2) is 0 Å². The lowest BCUT2D eigenvalue weighted by Gasteiger charge is -2.38.